The predicted molar refractivity (Wildman–Crippen MR) is 163 cm³/mol. The summed E-state index contributed by atoms with van der Waals surface area (Å²) < 4.78 is 11.3. The van der Waals surface area contributed by atoms with Gasteiger partial charge in [0.1, 0.15) is 23.0 Å². The van der Waals surface area contributed by atoms with Crippen molar-refractivity contribution in [1.29, 1.82) is 0 Å². The number of piperazine rings is 1. The normalized spacial score (nSPS) is 15.3. The minimum Gasteiger partial charge on any atom is -0.444 e. The number of rotatable bonds is 5. The summed E-state index contributed by atoms with van der Waals surface area (Å²) in [5, 5.41) is 4.18. The van der Waals surface area contributed by atoms with Crippen molar-refractivity contribution in [3.63, 3.8) is 0 Å². The zero-order valence-corrected chi connectivity index (χ0v) is 25.6. The fourth-order valence-corrected chi connectivity index (χ4v) is 4.85. The van der Waals surface area contributed by atoms with Gasteiger partial charge in [0.15, 0.2) is 5.82 Å². The highest BCUT2D eigenvalue weighted by atomic mass is 16.6. The summed E-state index contributed by atoms with van der Waals surface area (Å²) in [6.07, 6.45) is 7.49. The Morgan fingerprint density at radius 3 is 2.43 bits per heavy atom. The Morgan fingerprint density at radius 1 is 1.05 bits per heavy atom. The number of anilines is 3. The molecule has 5 heterocycles. The van der Waals surface area contributed by atoms with Crippen molar-refractivity contribution in [2.45, 2.75) is 72.8 Å². The molecule has 0 radical (unpaired) electrons. The number of oxazole rings is 1. The van der Waals surface area contributed by atoms with E-state index < -0.39 is 5.60 Å². The third-order valence-corrected chi connectivity index (χ3v) is 7.15. The van der Waals surface area contributed by atoms with E-state index >= 15 is 0 Å². The van der Waals surface area contributed by atoms with Crippen molar-refractivity contribution in [3.05, 3.63) is 47.7 Å². The average molecular weight is 573 g/mol. The lowest BCUT2D eigenvalue weighted by molar-refractivity contribution is 0.0240. The second kappa shape index (κ2) is 11.9. The Kier molecular flexibility index (Phi) is 8.29. The maximum atomic E-state index is 12.7. The number of ether oxygens (including phenoxy) is 1. The Balaban J connectivity index is 0.00000173. The molecule has 1 aliphatic carbocycles. The molecule has 1 aliphatic heterocycles. The van der Waals surface area contributed by atoms with E-state index in [9.17, 15) is 4.79 Å². The van der Waals surface area contributed by atoms with Gasteiger partial charge in [-0.25, -0.2) is 19.7 Å². The molecule has 1 saturated heterocycles. The number of fused-ring (bicyclic) bond motifs is 1. The number of hydrogen-bond donors (Lipinski definition) is 1. The SMILES string of the molecule is CC.Cc1nc(Nc2cc(-c3nc(N4CCN(C(=O)OC(C)(C)C)CC4)c4c(C5CC5)cncc4n3)ccn2)oc1C. The number of pyridine rings is 2. The summed E-state index contributed by atoms with van der Waals surface area (Å²) in [5.41, 5.74) is 3.11. The molecular weight excluding hydrogens is 532 g/mol. The maximum Gasteiger partial charge on any atom is 0.410 e. The summed E-state index contributed by atoms with van der Waals surface area (Å²) in [4.78, 5) is 40.1. The van der Waals surface area contributed by atoms with E-state index in [1.54, 1.807) is 11.1 Å². The molecule has 2 fully saturated rings. The average Bonchev–Trinajstić information content (AvgIpc) is 3.77. The first kappa shape index (κ1) is 29.2. The van der Waals surface area contributed by atoms with Crippen molar-refractivity contribution in [1.82, 2.24) is 29.8 Å². The molecule has 11 nitrogen and oxygen atoms in total. The first-order valence-corrected chi connectivity index (χ1v) is 14.7. The molecule has 0 aromatic carbocycles. The van der Waals surface area contributed by atoms with Crippen LogP contribution in [0.1, 0.15) is 70.4 Å². The Bertz CT molecular complexity index is 1550. The molecular formula is C31H40N8O3. The van der Waals surface area contributed by atoms with Crippen molar-refractivity contribution in [3.8, 4) is 11.4 Å². The van der Waals surface area contributed by atoms with Gasteiger partial charge in [0.25, 0.3) is 0 Å². The van der Waals surface area contributed by atoms with Crippen LogP contribution in [-0.2, 0) is 4.74 Å². The zero-order valence-electron chi connectivity index (χ0n) is 25.6. The van der Waals surface area contributed by atoms with Crippen LogP contribution in [0.5, 0.6) is 0 Å². The second-order valence-electron chi connectivity index (χ2n) is 11.4. The molecule has 1 saturated carbocycles. The van der Waals surface area contributed by atoms with Gasteiger partial charge in [-0.3, -0.25) is 10.3 Å². The van der Waals surface area contributed by atoms with E-state index in [2.05, 4.69) is 25.2 Å². The molecule has 11 heteroatoms. The van der Waals surface area contributed by atoms with Gasteiger partial charge in [0.05, 0.1) is 17.4 Å². The van der Waals surface area contributed by atoms with Gasteiger partial charge < -0.3 is 19.0 Å². The number of nitrogens with zero attached hydrogens (tertiary/aromatic N) is 7. The first-order valence-electron chi connectivity index (χ1n) is 14.7. The number of hydrogen-bond acceptors (Lipinski definition) is 10. The van der Waals surface area contributed by atoms with E-state index in [-0.39, 0.29) is 6.09 Å². The molecule has 6 rings (SSSR count). The van der Waals surface area contributed by atoms with Gasteiger partial charge in [-0.05, 0) is 71.1 Å². The zero-order chi connectivity index (χ0) is 30.0. The molecule has 4 aromatic rings. The van der Waals surface area contributed by atoms with Crippen LogP contribution in [0.4, 0.5) is 22.4 Å². The van der Waals surface area contributed by atoms with Gasteiger partial charge in [0, 0.05) is 49.5 Å². The smallest absolute Gasteiger partial charge is 0.410 e. The molecule has 1 amide bonds. The monoisotopic (exact) mass is 572 g/mol. The standard InChI is InChI=1S/C29H34N8O3.C2H6/c1-17-18(2)39-27(32-17)34-23-14-20(8-9-31-23)25-33-22-16-30-15-21(19-6-7-19)24(22)26(35-25)36-10-12-37(13-11-36)28(38)40-29(3,4)5;1-2/h8-9,14-16,19H,6-7,10-13H2,1-5H3,(H,31,32,34);1-2H3. The van der Waals surface area contributed by atoms with Crippen molar-refractivity contribution >= 4 is 34.6 Å². The molecule has 2 aliphatic rings. The topological polar surface area (TPSA) is 122 Å². The lowest BCUT2D eigenvalue weighted by atomic mass is 10.1. The van der Waals surface area contributed by atoms with Crippen LogP contribution in [0.2, 0.25) is 0 Å². The van der Waals surface area contributed by atoms with Crippen molar-refractivity contribution < 1.29 is 13.9 Å². The number of amides is 1. The minimum atomic E-state index is -0.527. The number of carbonyl (C=O) groups excluding carboxylic acids is 1. The summed E-state index contributed by atoms with van der Waals surface area (Å²) in [6, 6.07) is 4.17. The molecule has 42 heavy (non-hydrogen) atoms. The van der Waals surface area contributed by atoms with E-state index in [0.717, 1.165) is 46.6 Å². The van der Waals surface area contributed by atoms with Gasteiger partial charge in [-0.15, -0.1) is 0 Å². The van der Waals surface area contributed by atoms with Crippen LogP contribution in [-0.4, -0.2) is 67.7 Å². The van der Waals surface area contributed by atoms with Crippen LogP contribution in [0.15, 0.2) is 35.1 Å². The fourth-order valence-electron chi connectivity index (χ4n) is 4.85. The van der Waals surface area contributed by atoms with Crippen LogP contribution in [0.3, 0.4) is 0 Å². The summed E-state index contributed by atoms with van der Waals surface area (Å²) in [6.45, 7) is 15.8. The van der Waals surface area contributed by atoms with E-state index in [4.69, 9.17) is 19.1 Å². The highest BCUT2D eigenvalue weighted by molar-refractivity contribution is 5.94. The summed E-state index contributed by atoms with van der Waals surface area (Å²) >= 11 is 0. The van der Waals surface area contributed by atoms with E-state index in [1.165, 1.54) is 5.56 Å². The quantitative estimate of drug-likeness (QED) is 0.287. The first-order chi connectivity index (χ1) is 20.1. The molecule has 0 spiro atoms. The third kappa shape index (κ3) is 6.45. The molecule has 222 valence electrons. The van der Waals surface area contributed by atoms with Crippen LogP contribution < -0.4 is 10.2 Å². The molecule has 0 unspecified atom stereocenters. The lowest BCUT2D eigenvalue weighted by Crippen LogP contribution is -2.50. The van der Waals surface area contributed by atoms with Crippen molar-refractivity contribution in [2.24, 2.45) is 0 Å². The minimum absolute atomic E-state index is 0.281. The van der Waals surface area contributed by atoms with Gasteiger partial charge in [0.2, 0.25) is 0 Å². The van der Waals surface area contributed by atoms with Crippen LogP contribution >= 0.6 is 0 Å². The number of carbonyl (C=O) groups is 1. The van der Waals surface area contributed by atoms with Gasteiger partial charge >= 0.3 is 12.1 Å². The molecule has 0 atom stereocenters. The number of aromatic nitrogens is 5. The second-order valence-corrected chi connectivity index (χ2v) is 11.4. The Labute approximate surface area is 246 Å². The van der Waals surface area contributed by atoms with E-state index in [0.29, 0.717) is 49.8 Å². The number of nitrogens with one attached hydrogen (secondary N) is 1. The largest absolute Gasteiger partial charge is 0.444 e. The maximum absolute atomic E-state index is 12.7. The highest BCUT2D eigenvalue weighted by Crippen LogP contribution is 2.45. The number of aryl methyl sites for hydroxylation is 2. The van der Waals surface area contributed by atoms with Crippen LogP contribution in [0.25, 0.3) is 22.3 Å². The highest BCUT2D eigenvalue weighted by Gasteiger charge is 2.31. The van der Waals surface area contributed by atoms with Crippen LogP contribution in [0, 0.1) is 13.8 Å². The third-order valence-electron chi connectivity index (χ3n) is 7.15. The Hall–Kier alpha value is -4.28. The molecule has 0 bridgehead atoms. The molecule has 4 aromatic heterocycles. The van der Waals surface area contributed by atoms with E-state index in [1.807, 2.05) is 73.0 Å². The molecule has 1 N–H and O–H groups in total. The van der Waals surface area contributed by atoms with Crippen molar-refractivity contribution in [2.75, 3.05) is 36.4 Å². The Morgan fingerprint density at radius 2 is 1.79 bits per heavy atom. The summed E-state index contributed by atoms with van der Waals surface area (Å²) in [7, 11) is 0. The predicted octanol–water partition coefficient (Wildman–Crippen LogP) is 6.40. The fraction of sp³-hybridized carbons (Fsp3) is 0.484. The lowest BCUT2D eigenvalue weighted by Gasteiger charge is -2.36. The summed E-state index contributed by atoms with van der Waals surface area (Å²) in [5.74, 6) is 3.28. The van der Waals surface area contributed by atoms with Gasteiger partial charge in [-0.1, -0.05) is 13.8 Å². The van der Waals surface area contributed by atoms with Gasteiger partial charge in [-0.2, -0.15) is 4.98 Å².